The monoisotopic (exact) mass is 326 g/mol. The van der Waals surface area contributed by atoms with Crippen LogP contribution in [0.1, 0.15) is 13.3 Å². The second-order valence-electron chi connectivity index (χ2n) is 5.32. The number of benzene rings is 1. The first-order chi connectivity index (χ1) is 10.6. The zero-order valence-electron chi connectivity index (χ0n) is 12.9. The third-order valence-corrected chi connectivity index (χ3v) is 3.77. The van der Waals surface area contributed by atoms with Crippen molar-refractivity contribution in [1.29, 1.82) is 0 Å². The highest BCUT2D eigenvalue weighted by atomic mass is 35.5. The molecule has 0 unspecified atom stereocenters. The normalized spacial score (nSPS) is 17.0. The molecule has 1 saturated heterocycles. The summed E-state index contributed by atoms with van der Waals surface area (Å²) in [4.78, 5) is 14.3. The van der Waals surface area contributed by atoms with Crippen molar-refractivity contribution in [2.45, 2.75) is 19.4 Å². The van der Waals surface area contributed by atoms with Gasteiger partial charge in [-0.2, -0.15) is 0 Å². The Bertz CT molecular complexity index is 478. The molecule has 122 valence electrons. The van der Waals surface area contributed by atoms with Crippen molar-refractivity contribution in [2.24, 2.45) is 0 Å². The molecule has 0 saturated carbocycles. The Morgan fingerprint density at radius 1 is 1.45 bits per heavy atom. The molecule has 1 aliphatic rings. The highest BCUT2D eigenvalue weighted by Crippen LogP contribution is 2.18. The van der Waals surface area contributed by atoms with Gasteiger partial charge in [0.1, 0.15) is 5.75 Å². The molecule has 2 rings (SSSR count). The van der Waals surface area contributed by atoms with Gasteiger partial charge in [-0.3, -0.25) is 9.69 Å². The van der Waals surface area contributed by atoms with Crippen LogP contribution in [0.3, 0.4) is 0 Å². The number of rotatable bonds is 7. The molecule has 1 aliphatic heterocycles. The fraction of sp³-hybridized carbons (Fsp3) is 0.562. The molecule has 22 heavy (non-hydrogen) atoms. The summed E-state index contributed by atoms with van der Waals surface area (Å²) < 4.78 is 10.9. The van der Waals surface area contributed by atoms with E-state index < -0.39 is 6.10 Å². The van der Waals surface area contributed by atoms with Crippen LogP contribution in [0.15, 0.2) is 24.3 Å². The van der Waals surface area contributed by atoms with Gasteiger partial charge in [0.05, 0.1) is 13.2 Å². The van der Waals surface area contributed by atoms with Crippen molar-refractivity contribution < 1.29 is 14.3 Å². The number of nitrogens with zero attached hydrogens (tertiary/aromatic N) is 1. The maximum atomic E-state index is 12.0. The fourth-order valence-electron chi connectivity index (χ4n) is 2.28. The van der Waals surface area contributed by atoms with Crippen LogP contribution >= 0.6 is 11.6 Å². The molecule has 5 nitrogen and oxygen atoms in total. The molecular weight excluding hydrogens is 304 g/mol. The minimum atomic E-state index is -0.540. The van der Waals surface area contributed by atoms with Crippen LogP contribution < -0.4 is 10.1 Å². The lowest BCUT2D eigenvalue weighted by molar-refractivity contribution is -0.127. The molecule has 1 fully saturated rings. The minimum Gasteiger partial charge on any atom is -0.481 e. The van der Waals surface area contributed by atoms with E-state index >= 15 is 0 Å². The summed E-state index contributed by atoms with van der Waals surface area (Å²) in [6, 6.07) is 7.05. The van der Waals surface area contributed by atoms with Crippen molar-refractivity contribution in [2.75, 3.05) is 39.4 Å². The Morgan fingerprint density at radius 3 is 2.95 bits per heavy atom. The highest BCUT2D eigenvalue weighted by Gasteiger charge is 2.15. The number of morpholine rings is 1. The van der Waals surface area contributed by atoms with E-state index in [-0.39, 0.29) is 5.91 Å². The standard InChI is InChI=1S/C16H23ClN2O3/c1-13(22-15-5-2-4-14(17)12-15)16(20)18-6-3-7-19-8-10-21-11-9-19/h2,4-5,12-13H,3,6-11H2,1H3,(H,18,20)/t13-/m1/s1. The van der Waals surface area contributed by atoms with E-state index in [0.717, 1.165) is 39.3 Å². The summed E-state index contributed by atoms with van der Waals surface area (Å²) in [5.74, 6) is 0.491. The predicted octanol–water partition coefficient (Wildman–Crippen LogP) is 1.95. The number of hydrogen-bond donors (Lipinski definition) is 1. The molecule has 6 heteroatoms. The third-order valence-electron chi connectivity index (χ3n) is 3.53. The van der Waals surface area contributed by atoms with Crippen molar-refractivity contribution in [3.05, 3.63) is 29.3 Å². The average molecular weight is 327 g/mol. The topological polar surface area (TPSA) is 50.8 Å². The Kier molecular flexibility index (Phi) is 6.96. The second kappa shape index (κ2) is 8.98. The SMILES string of the molecule is C[C@@H](Oc1cccc(Cl)c1)C(=O)NCCCN1CCOCC1. The van der Waals surface area contributed by atoms with E-state index in [0.29, 0.717) is 17.3 Å². The average Bonchev–Trinajstić information content (AvgIpc) is 2.52. The van der Waals surface area contributed by atoms with E-state index in [2.05, 4.69) is 10.2 Å². The Morgan fingerprint density at radius 2 is 2.23 bits per heavy atom. The number of halogens is 1. The number of ether oxygens (including phenoxy) is 2. The van der Waals surface area contributed by atoms with Crippen molar-refractivity contribution in [1.82, 2.24) is 10.2 Å². The van der Waals surface area contributed by atoms with Gasteiger partial charge in [-0.15, -0.1) is 0 Å². The molecule has 1 heterocycles. The first-order valence-corrected chi connectivity index (χ1v) is 8.03. The molecule has 0 aromatic heterocycles. The number of carbonyl (C=O) groups is 1. The molecule has 0 bridgehead atoms. The van der Waals surface area contributed by atoms with Crippen LogP contribution in [-0.2, 0) is 9.53 Å². The third kappa shape index (κ3) is 5.83. The zero-order valence-corrected chi connectivity index (χ0v) is 13.6. The molecule has 1 aromatic rings. The van der Waals surface area contributed by atoms with Gasteiger partial charge in [0.2, 0.25) is 0 Å². The van der Waals surface area contributed by atoms with Gasteiger partial charge in [0, 0.05) is 24.7 Å². The summed E-state index contributed by atoms with van der Waals surface area (Å²) in [6.45, 7) is 6.92. The molecule has 0 spiro atoms. The second-order valence-corrected chi connectivity index (χ2v) is 5.75. The first-order valence-electron chi connectivity index (χ1n) is 7.65. The lowest BCUT2D eigenvalue weighted by atomic mass is 10.3. The predicted molar refractivity (Wildman–Crippen MR) is 86.4 cm³/mol. The number of hydrogen-bond acceptors (Lipinski definition) is 4. The number of carbonyl (C=O) groups excluding carboxylic acids is 1. The summed E-state index contributed by atoms with van der Waals surface area (Å²) in [6.07, 6.45) is 0.386. The van der Waals surface area contributed by atoms with Crippen molar-refractivity contribution >= 4 is 17.5 Å². The van der Waals surface area contributed by atoms with Crippen LogP contribution in [0.25, 0.3) is 0 Å². The summed E-state index contributed by atoms with van der Waals surface area (Å²) in [5, 5.41) is 3.50. The van der Waals surface area contributed by atoms with Gasteiger partial charge in [0.25, 0.3) is 5.91 Å². The summed E-state index contributed by atoms with van der Waals surface area (Å²) >= 11 is 5.89. The minimum absolute atomic E-state index is 0.109. The van der Waals surface area contributed by atoms with Gasteiger partial charge in [-0.1, -0.05) is 17.7 Å². The molecule has 1 aromatic carbocycles. The molecule has 0 aliphatic carbocycles. The van der Waals surface area contributed by atoms with Gasteiger partial charge in [-0.05, 0) is 38.1 Å². The smallest absolute Gasteiger partial charge is 0.260 e. The molecule has 1 N–H and O–H groups in total. The van der Waals surface area contributed by atoms with Gasteiger partial charge in [-0.25, -0.2) is 0 Å². The van der Waals surface area contributed by atoms with E-state index in [1.807, 2.05) is 0 Å². The maximum absolute atomic E-state index is 12.0. The molecular formula is C16H23ClN2O3. The molecule has 0 radical (unpaired) electrons. The zero-order chi connectivity index (χ0) is 15.8. The van der Waals surface area contributed by atoms with Crippen molar-refractivity contribution in [3.8, 4) is 5.75 Å². The Hall–Kier alpha value is -1.30. The maximum Gasteiger partial charge on any atom is 0.260 e. The lowest BCUT2D eigenvalue weighted by Crippen LogP contribution is -2.40. The molecule has 1 amide bonds. The lowest BCUT2D eigenvalue weighted by Gasteiger charge is -2.26. The van der Waals surface area contributed by atoms with Crippen LogP contribution in [0.4, 0.5) is 0 Å². The van der Waals surface area contributed by atoms with Crippen LogP contribution in [-0.4, -0.2) is 56.3 Å². The largest absolute Gasteiger partial charge is 0.481 e. The van der Waals surface area contributed by atoms with Crippen LogP contribution in [0.2, 0.25) is 5.02 Å². The van der Waals surface area contributed by atoms with Gasteiger partial charge < -0.3 is 14.8 Å². The van der Waals surface area contributed by atoms with E-state index in [4.69, 9.17) is 21.1 Å². The van der Waals surface area contributed by atoms with Crippen LogP contribution in [0, 0.1) is 0 Å². The Labute approximate surface area is 136 Å². The van der Waals surface area contributed by atoms with E-state index in [9.17, 15) is 4.79 Å². The summed E-state index contributed by atoms with van der Waals surface area (Å²) in [7, 11) is 0. The van der Waals surface area contributed by atoms with E-state index in [1.54, 1.807) is 31.2 Å². The highest BCUT2D eigenvalue weighted by molar-refractivity contribution is 6.30. The van der Waals surface area contributed by atoms with Gasteiger partial charge >= 0.3 is 0 Å². The molecule has 1 atom stereocenters. The number of nitrogens with one attached hydrogen (secondary N) is 1. The van der Waals surface area contributed by atoms with Crippen molar-refractivity contribution in [3.63, 3.8) is 0 Å². The fourth-order valence-corrected chi connectivity index (χ4v) is 2.46. The quantitative estimate of drug-likeness (QED) is 0.778. The first kappa shape index (κ1) is 17.1. The Balaban J connectivity index is 1.63. The van der Waals surface area contributed by atoms with Gasteiger partial charge in [0.15, 0.2) is 6.10 Å². The van der Waals surface area contributed by atoms with E-state index in [1.165, 1.54) is 0 Å². The summed E-state index contributed by atoms with van der Waals surface area (Å²) in [5.41, 5.74) is 0. The van der Waals surface area contributed by atoms with Crippen LogP contribution in [0.5, 0.6) is 5.75 Å². The number of amides is 1.